The Balaban J connectivity index is 1.87. The molecule has 0 bridgehead atoms. The van der Waals surface area contributed by atoms with Gasteiger partial charge in [-0.3, -0.25) is 4.98 Å². The standard InChI is InChI=1S/C14H16N6/c1-10(2)15-7-11-8-17-14(9-16-11)20-13-6-4-3-5-12(13)18-19-20/h3-6,8-10,15H,7H2,1-2H3. The van der Waals surface area contributed by atoms with E-state index >= 15 is 0 Å². The maximum absolute atomic E-state index is 4.41. The maximum atomic E-state index is 4.41. The van der Waals surface area contributed by atoms with E-state index in [2.05, 4.69) is 39.4 Å². The smallest absolute Gasteiger partial charge is 0.174 e. The fourth-order valence-corrected chi connectivity index (χ4v) is 1.90. The van der Waals surface area contributed by atoms with Crippen molar-refractivity contribution in [1.29, 1.82) is 0 Å². The van der Waals surface area contributed by atoms with E-state index in [4.69, 9.17) is 0 Å². The van der Waals surface area contributed by atoms with Gasteiger partial charge in [-0.2, -0.15) is 4.68 Å². The zero-order chi connectivity index (χ0) is 13.9. The average Bonchev–Trinajstić information content (AvgIpc) is 2.89. The van der Waals surface area contributed by atoms with E-state index in [9.17, 15) is 0 Å². The molecule has 0 fully saturated rings. The van der Waals surface area contributed by atoms with Gasteiger partial charge in [0.1, 0.15) is 5.52 Å². The molecule has 3 aromatic rings. The molecule has 0 spiro atoms. The third-order valence-corrected chi connectivity index (χ3v) is 2.95. The van der Waals surface area contributed by atoms with Gasteiger partial charge in [0.05, 0.1) is 23.6 Å². The van der Waals surface area contributed by atoms with Crippen molar-refractivity contribution >= 4 is 11.0 Å². The first-order valence-corrected chi connectivity index (χ1v) is 6.59. The van der Waals surface area contributed by atoms with Gasteiger partial charge in [-0.25, -0.2) is 4.98 Å². The number of para-hydroxylation sites is 1. The summed E-state index contributed by atoms with van der Waals surface area (Å²) >= 11 is 0. The van der Waals surface area contributed by atoms with Crippen LogP contribution in [0, 0.1) is 0 Å². The van der Waals surface area contributed by atoms with E-state index in [0.717, 1.165) is 16.7 Å². The zero-order valence-electron chi connectivity index (χ0n) is 11.5. The number of aromatic nitrogens is 5. The molecule has 1 aromatic carbocycles. The van der Waals surface area contributed by atoms with Gasteiger partial charge in [0.2, 0.25) is 0 Å². The third-order valence-electron chi connectivity index (χ3n) is 2.95. The van der Waals surface area contributed by atoms with Crippen molar-refractivity contribution < 1.29 is 0 Å². The number of hydrogen-bond donors (Lipinski definition) is 1. The molecule has 20 heavy (non-hydrogen) atoms. The zero-order valence-corrected chi connectivity index (χ0v) is 11.5. The highest BCUT2D eigenvalue weighted by molar-refractivity contribution is 5.75. The quantitative estimate of drug-likeness (QED) is 0.780. The largest absolute Gasteiger partial charge is 0.309 e. The Morgan fingerprint density at radius 2 is 2.00 bits per heavy atom. The monoisotopic (exact) mass is 268 g/mol. The molecule has 0 aliphatic rings. The molecule has 6 heteroatoms. The second-order valence-electron chi connectivity index (χ2n) is 4.89. The van der Waals surface area contributed by atoms with Gasteiger partial charge in [0.25, 0.3) is 0 Å². The molecule has 3 rings (SSSR count). The number of fused-ring (bicyclic) bond motifs is 1. The molecule has 6 nitrogen and oxygen atoms in total. The summed E-state index contributed by atoms with van der Waals surface area (Å²) in [5.74, 6) is 0.673. The van der Waals surface area contributed by atoms with Crippen molar-refractivity contribution in [3.8, 4) is 5.82 Å². The highest BCUT2D eigenvalue weighted by Gasteiger charge is 2.07. The molecule has 0 aliphatic carbocycles. The lowest BCUT2D eigenvalue weighted by molar-refractivity contribution is 0.579. The van der Waals surface area contributed by atoms with Gasteiger partial charge in [-0.1, -0.05) is 31.2 Å². The number of nitrogens with zero attached hydrogens (tertiary/aromatic N) is 5. The molecule has 0 radical (unpaired) electrons. The lowest BCUT2D eigenvalue weighted by Crippen LogP contribution is -2.22. The SMILES string of the molecule is CC(C)NCc1cnc(-n2nnc3ccccc32)cn1. The van der Waals surface area contributed by atoms with E-state index in [1.165, 1.54) is 0 Å². The van der Waals surface area contributed by atoms with Gasteiger partial charge < -0.3 is 5.32 Å². The first-order valence-electron chi connectivity index (χ1n) is 6.59. The second-order valence-corrected chi connectivity index (χ2v) is 4.89. The Kier molecular flexibility index (Phi) is 3.39. The van der Waals surface area contributed by atoms with Crippen molar-refractivity contribution in [2.24, 2.45) is 0 Å². The Hall–Kier alpha value is -2.34. The minimum absolute atomic E-state index is 0.427. The first kappa shape index (κ1) is 12.7. The molecule has 0 saturated heterocycles. The maximum Gasteiger partial charge on any atom is 0.174 e. The van der Waals surface area contributed by atoms with E-state index < -0.39 is 0 Å². The molecule has 0 unspecified atom stereocenters. The number of rotatable bonds is 4. The van der Waals surface area contributed by atoms with Crippen LogP contribution < -0.4 is 5.32 Å². The summed E-state index contributed by atoms with van der Waals surface area (Å²) in [7, 11) is 0. The van der Waals surface area contributed by atoms with E-state index in [1.54, 1.807) is 17.1 Å². The van der Waals surface area contributed by atoms with Crippen molar-refractivity contribution in [1.82, 2.24) is 30.3 Å². The van der Waals surface area contributed by atoms with Gasteiger partial charge in [-0.05, 0) is 12.1 Å². The molecule has 0 saturated carbocycles. The minimum Gasteiger partial charge on any atom is -0.309 e. The van der Waals surface area contributed by atoms with E-state index in [0.29, 0.717) is 18.4 Å². The van der Waals surface area contributed by atoms with Crippen LogP contribution in [0.1, 0.15) is 19.5 Å². The summed E-state index contributed by atoms with van der Waals surface area (Å²) in [6.45, 7) is 4.91. The lowest BCUT2D eigenvalue weighted by atomic mass is 10.3. The van der Waals surface area contributed by atoms with Gasteiger partial charge in [-0.15, -0.1) is 5.10 Å². The van der Waals surface area contributed by atoms with Crippen LogP contribution in [0.4, 0.5) is 0 Å². The Bertz CT molecular complexity index is 701. The van der Waals surface area contributed by atoms with Crippen LogP contribution in [-0.4, -0.2) is 31.0 Å². The average molecular weight is 268 g/mol. The normalized spacial score (nSPS) is 11.3. The molecular weight excluding hydrogens is 252 g/mol. The van der Waals surface area contributed by atoms with Crippen LogP contribution in [0.3, 0.4) is 0 Å². The fourth-order valence-electron chi connectivity index (χ4n) is 1.90. The molecule has 2 heterocycles. The Labute approximate surface area is 116 Å². The van der Waals surface area contributed by atoms with Crippen LogP contribution in [0.25, 0.3) is 16.9 Å². The van der Waals surface area contributed by atoms with Crippen molar-refractivity contribution in [2.45, 2.75) is 26.4 Å². The summed E-state index contributed by atoms with van der Waals surface area (Å²) in [4.78, 5) is 8.81. The summed E-state index contributed by atoms with van der Waals surface area (Å²) in [5, 5.41) is 11.5. The summed E-state index contributed by atoms with van der Waals surface area (Å²) in [6, 6.07) is 8.21. The van der Waals surface area contributed by atoms with E-state index in [-0.39, 0.29) is 0 Å². The third kappa shape index (κ3) is 2.50. The summed E-state index contributed by atoms with van der Waals surface area (Å²) in [6.07, 6.45) is 3.49. The molecule has 0 amide bonds. The predicted molar refractivity (Wildman–Crippen MR) is 76.4 cm³/mol. The number of benzene rings is 1. The molecule has 1 N–H and O–H groups in total. The minimum atomic E-state index is 0.427. The number of hydrogen-bond acceptors (Lipinski definition) is 5. The van der Waals surface area contributed by atoms with Crippen LogP contribution in [-0.2, 0) is 6.54 Å². The second kappa shape index (κ2) is 5.34. The first-order chi connectivity index (χ1) is 9.74. The van der Waals surface area contributed by atoms with Crippen LogP contribution >= 0.6 is 0 Å². The predicted octanol–water partition coefficient (Wildman–Crippen LogP) is 1.71. The van der Waals surface area contributed by atoms with Crippen molar-refractivity contribution in [3.05, 3.63) is 42.4 Å². The molecule has 0 aliphatic heterocycles. The fraction of sp³-hybridized carbons (Fsp3) is 0.286. The van der Waals surface area contributed by atoms with Crippen LogP contribution in [0.15, 0.2) is 36.7 Å². The van der Waals surface area contributed by atoms with Crippen LogP contribution in [0.2, 0.25) is 0 Å². The van der Waals surface area contributed by atoms with Crippen molar-refractivity contribution in [2.75, 3.05) is 0 Å². The van der Waals surface area contributed by atoms with E-state index in [1.807, 2.05) is 24.3 Å². The Morgan fingerprint density at radius 3 is 2.75 bits per heavy atom. The van der Waals surface area contributed by atoms with Gasteiger partial charge in [0, 0.05) is 12.6 Å². The van der Waals surface area contributed by atoms with Crippen molar-refractivity contribution in [3.63, 3.8) is 0 Å². The molecule has 0 atom stereocenters. The summed E-state index contributed by atoms with van der Waals surface area (Å²) < 4.78 is 1.70. The summed E-state index contributed by atoms with van der Waals surface area (Å²) in [5.41, 5.74) is 2.68. The molecular formula is C14H16N6. The lowest BCUT2D eigenvalue weighted by Gasteiger charge is -2.07. The topological polar surface area (TPSA) is 68.5 Å². The highest BCUT2D eigenvalue weighted by Crippen LogP contribution is 2.13. The molecule has 102 valence electrons. The van der Waals surface area contributed by atoms with Gasteiger partial charge in [0.15, 0.2) is 5.82 Å². The van der Waals surface area contributed by atoms with Crippen LogP contribution in [0.5, 0.6) is 0 Å². The highest BCUT2D eigenvalue weighted by atomic mass is 15.4. The Morgan fingerprint density at radius 1 is 1.15 bits per heavy atom. The number of nitrogens with one attached hydrogen (secondary N) is 1. The molecule has 2 aromatic heterocycles. The van der Waals surface area contributed by atoms with Gasteiger partial charge >= 0.3 is 0 Å².